The summed E-state index contributed by atoms with van der Waals surface area (Å²) in [5, 5.41) is 4.38. The van der Waals surface area contributed by atoms with Crippen LogP contribution in [0.2, 0.25) is 0 Å². The van der Waals surface area contributed by atoms with Gasteiger partial charge in [-0.25, -0.2) is 4.79 Å². The number of rotatable bonds is 5. The van der Waals surface area contributed by atoms with Crippen molar-refractivity contribution in [2.24, 2.45) is 0 Å². The van der Waals surface area contributed by atoms with Crippen molar-refractivity contribution in [1.82, 2.24) is 14.3 Å². The summed E-state index contributed by atoms with van der Waals surface area (Å²) in [4.78, 5) is 13.7. The number of aryl methyl sites for hydroxylation is 3. The lowest BCUT2D eigenvalue weighted by Gasteiger charge is -2.10. The first kappa shape index (κ1) is 21.2. The summed E-state index contributed by atoms with van der Waals surface area (Å²) in [6.07, 6.45) is 0. The van der Waals surface area contributed by atoms with Crippen molar-refractivity contribution in [3.05, 3.63) is 86.9 Å². The molecule has 1 N–H and O–H groups in total. The number of hydrogen-bond acceptors (Lipinski definition) is 5. The van der Waals surface area contributed by atoms with Crippen LogP contribution in [0.1, 0.15) is 21.8 Å². The summed E-state index contributed by atoms with van der Waals surface area (Å²) in [6, 6.07) is 16.6. The minimum atomic E-state index is -4.31. The van der Waals surface area contributed by atoms with E-state index < -0.39 is 10.1 Å². The molecular formula is C22H21N3O4S2. The molecule has 0 amide bonds. The molecule has 0 spiro atoms. The Labute approximate surface area is 184 Å². The van der Waals surface area contributed by atoms with Gasteiger partial charge < -0.3 is 0 Å². The molecule has 2 aromatic carbocycles. The van der Waals surface area contributed by atoms with Crippen LogP contribution in [-0.4, -0.2) is 27.3 Å². The van der Waals surface area contributed by atoms with Crippen LogP contribution in [0.4, 0.5) is 0 Å². The van der Waals surface area contributed by atoms with Crippen molar-refractivity contribution < 1.29 is 13.0 Å². The van der Waals surface area contributed by atoms with Gasteiger partial charge in [0.1, 0.15) is 5.82 Å². The molecule has 0 aliphatic heterocycles. The van der Waals surface area contributed by atoms with Crippen LogP contribution in [-0.2, 0) is 16.7 Å². The average molecular weight is 456 g/mol. The third kappa shape index (κ3) is 4.12. The first-order chi connectivity index (χ1) is 14.6. The van der Waals surface area contributed by atoms with E-state index >= 15 is 0 Å². The molecule has 160 valence electrons. The van der Waals surface area contributed by atoms with E-state index in [4.69, 9.17) is 0 Å². The van der Waals surface area contributed by atoms with Gasteiger partial charge in [-0.3, -0.25) is 9.12 Å². The molecule has 0 radical (unpaired) electrons. The molecule has 0 saturated heterocycles. The van der Waals surface area contributed by atoms with Gasteiger partial charge in [-0.2, -0.15) is 18.2 Å². The van der Waals surface area contributed by atoms with Gasteiger partial charge in [-0.15, -0.1) is 11.3 Å². The predicted molar refractivity (Wildman–Crippen MR) is 121 cm³/mol. The van der Waals surface area contributed by atoms with Crippen LogP contribution in [0.5, 0.6) is 0 Å². The largest absolute Gasteiger partial charge is 0.351 e. The number of para-hydroxylation sites is 1. The lowest BCUT2D eigenvalue weighted by molar-refractivity contribution is 0.486. The highest BCUT2D eigenvalue weighted by atomic mass is 32.3. The first-order valence-electron chi connectivity index (χ1n) is 9.55. The molecule has 9 heteroatoms. The van der Waals surface area contributed by atoms with Crippen LogP contribution in [0, 0.1) is 20.8 Å². The quantitative estimate of drug-likeness (QED) is 0.459. The number of benzene rings is 2. The second-order valence-electron chi connectivity index (χ2n) is 7.35. The molecule has 0 aliphatic rings. The Bertz CT molecular complexity index is 1430. The SMILES string of the molecule is Cc1cc(-c2ccc(Cn3c(C)nn(-c4ccccc4)c3=O)cc2C)c(S(=O)(=O)O)s1. The fourth-order valence-electron chi connectivity index (χ4n) is 3.59. The summed E-state index contributed by atoms with van der Waals surface area (Å²) in [5.41, 5.74) is 3.42. The predicted octanol–water partition coefficient (Wildman–Crippen LogP) is 3.98. The van der Waals surface area contributed by atoms with Crippen LogP contribution in [0.25, 0.3) is 16.8 Å². The Hall–Kier alpha value is -3.01. The highest BCUT2D eigenvalue weighted by Gasteiger charge is 2.21. The van der Waals surface area contributed by atoms with Gasteiger partial charge in [0, 0.05) is 10.4 Å². The summed E-state index contributed by atoms with van der Waals surface area (Å²) in [5.74, 6) is 0.595. The second-order valence-corrected chi connectivity index (χ2v) is 10.2. The van der Waals surface area contributed by atoms with Gasteiger partial charge in [0.05, 0.1) is 12.2 Å². The molecule has 0 saturated carbocycles. The fraction of sp³-hybridized carbons (Fsp3) is 0.182. The third-order valence-corrected chi connectivity index (χ3v) is 7.44. The maximum absolute atomic E-state index is 12.9. The van der Waals surface area contributed by atoms with E-state index in [0.717, 1.165) is 32.9 Å². The van der Waals surface area contributed by atoms with Crippen LogP contribution in [0.15, 0.2) is 63.6 Å². The van der Waals surface area contributed by atoms with Gasteiger partial charge in [0.2, 0.25) is 0 Å². The lowest BCUT2D eigenvalue weighted by atomic mass is 10.0. The fourth-order valence-corrected chi connectivity index (χ4v) is 5.61. The van der Waals surface area contributed by atoms with Crippen molar-refractivity contribution in [3.63, 3.8) is 0 Å². The van der Waals surface area contributed by atoms with Gasteiger partial charge in [-0.1, -0.05) is 36.4 Å². The molecule has 7 nitrogen and oxygen atoms in total. The highest BCUT2D eigenvalue weighted by Crippen LogP contribution is 2.36. The average Bonchev–Trinajstić information content (AvgIpc) is 3.24. The number of nitrogens with zero attached hydrogens (tertiary/aromatic N) is 3. The zero-order chi connectivity index (χ0) is 22.3. The van der Waals surface area contributed by atoms with E-state index in [1.807, 2.05) is 55.5 Å². The van der Waals surface area contributed by atoms with E-state index in [0.29, 0.717) is 23.6 Å². The maximum Gasteiger partial charge on any atom is 0.351 e. The highest BCUT2D eigenvalue weighted by molar-refractivity contribution is 7.88. The Morgan fingerprint density at radius 3 is 2.35 bits per heavy atom. The van der Waals surface area contributed by atoms with E-state index in [-0.39, 0.29) is 9.90 Å². The monoisotopic (exact) mass is 455 g/mol. The molecule has 0 bridgehead atoms. The van der Waals surface area contributed by atoms with Crippen molar-refractivity contribution in [2.75, 3.05) is 0 Å². The molecule has 4 aromatic rings. The Morgan fingerprint density at radius 1 is 1.00 bits per heavy atom. The lowest BCUT2D eigenvalue weighted by Crippen LogP contribution is -2.24. The van der Waals surface area contributed by atoms with Gasteiger partial charge in [0.15, 0.2) is 4.21 Å². The van der Waals surface area contributed by atoms with Gasteiger partial charge >= 0.3 is 15.8 Å². The third-order valence-electron chi connectivity index (χ3n) is 5.03. The van der Waals surface area contributed by atoms with E-state index in [9.17, 15) is 17.8 Å². The molecule has 0 aliphatic carbocycles. The number of aromatic nitrogens is 3. The van der Waals surface area contributed by atoms with Crippen molar-refractivity contribution >= 4 is 21.5 Å². The molecule has 0 unspecified atom stereocenters. The second kappa shape index (κ2) is 7.92. The first-order valence-corrected chi connectivity index (χ1v) is 11.8. The number of thiophene rings is 1. The molecule has 4 rings (SSSR count). The topological polar surface area (TPSA) is 94.2 Å². The molecule has 2 aromatic heterocycles. The molecule has 0 atom stereocenters. The van der Waals surface area contributed by atoms with Crippen molar-refractivity contribution in [3.8, 4) is 16.8 Å². The van der Waals surface area contributed by atoms with Crippen molar-refractivity contribution in [1.29, 1.82) is 0 Å². The standard InChI is InChI=1S/C22H21N3O4S2/c1-14-11-17(9-10-19(14)20-12-15(2)30-21(20)31(27,28)29)13-24-16(3)23-25(22(24)26)18-7-5-4-6-8-18/h4-12H,13H2,1-3H3,(H,27,28,29). The Morgan fingerprint density at radius 2 is 1.71 bits per heavy atom. The maximum atomic E-state index is 12.9. The van der Waals surface area contributed by atoms with Crippen LogP contribution < -0.4 is 5.69 Å². The smallest absolute Gasteiger partial charge is 0.281 e. The minimum absolute atomic E-state index is 0.0583. The van der Waals surface area contributed by atoms with E-state index in [1.165, 1.54) is 4.68 Å². The molecule has 0 fully saturated rings. The molecule has 2 heterocycles. The summed E-state index contributed by atoms with van der Waals surface area (Å²) >= 11 is 1.04. The summed E-state index contributed by atoms with van der Waals surface area (Å²) in [7, 11) is -4.31. The zero-order valence-corrected chi connectivity index (χ0v) is 18.9. The summed E-state index contributed by atoms with van der Waals surface area (Å²) < 4.78 is 36.0. The Balaban J connectivity index is 1.70. The van der Waals surface area contributed by atoms with Crippen LogP contribution >= 0.6 is 11.3 Å². The van der Waals surface area contributed by atoms with Gasteiger partial charge in [-0.05, 0) is 55.7 Å². The normalized spacial score (nSPS) is 11.7. The molecule has 31 heavy (non-hydrogen) atoms. The summed E-state index contributed by atoms with van der Waals surface area (Å²) in [6.45, 7) is 5.80. The Kier molecular flexibility index (Phi) is 5.42. The van der Waals surface area contributed by atoms with Crippen molar-refractivity contribution in [2.45, 2.75) is 31.5 Å². The van der Waals surface area contributed by atoms with E-state index in [2.05, 4.69) is 5.10 Å². The molecular weight excluding hydrogens is 434 g/mol. The zero-order valence-electron chi connectivity index (χ0n) is 17.2. The van der Waals surface area contributed by atoms with Gasteiger partial charge in [0.25, 0.3) is 0 Å². The van der Waals surface area contributed by atoms with Crippen LogP contribution in [0.3, 0.4) is 0 Å². The minimum Gasteiger partial charge on any atom is -0.281 e. The van der Waals surface area contributed by atoms with E-state index in [1.54, 1.807) is 24.5 Å². The number of hydrogen-bond donors (Lipinski definition) is 1.